The molecule has 0 bridgehead atoms. The number of ether oxygens (including phenoxy) is 1. The molecule has 0 saturated heterocycles. The summed E-state index contributed by atoms with van der Waals surface area (Å²) in [4.78, 5) is 18.1. The Balaban J connectivity index is 2.51. The van der Waals surface area contributed by atoms with Gasteiger partial charge in [-0.2, -0.15) is 0 Å². The molecule has 0 aliphatic rings. The number of benzene rings is 1. The molecule has 0 fully saturated rings. The van der Waals surface area contributed by atoms with E-state index in [0.717, 1.165) is 11.0 Å². The highest BCUT2D eigenvalue weighted by molar-refractivity contribution is 6.17. The lowest BCUT2D eigenvalue weighted by Gasteiger charge is -2.13. The number of likely N-dealkylation sites (N-methyl/N-ethyl adjacent to an activating group) is 1. The van der Waals surface area contributed by atoms with Crippen molar-refractivity contribution in [2.45, 2.75) is 32.4 Å². The Morgan fingerprint density at radius 2 is 2.14 bits per heavy atom. The van der Waals surface area contributed by atoms with Gasteiger partial charge in [0.2, 0.25) is 5.91 Å². The Bertz CT molecular complexity index is 650. The van der Waals surface area contributed by atoms with Crippen molar-refractivity contribution >= 4 is 28.5 Å². The zero-order chi connectivity index (χ0) is 15.6. The lowest BCUT2D eigenvalue weighted by molar-refractivity contribution is -0.129. The number of aromatic nitrogens is 2. The van der Waals surface area contributed by atoms with Gasteiger partial charge in [0.25, 0.3) is 0 Å². The fourth-order valence-corrected chi connectivity index (χ4v) is 2.28. The molecule has 0 spiro atoms. The van der Waals surface area contributed by atoms with Gasteiger partial charge in [-0.05, 0) is 26.0 Å². The van der Waals surface area contributed by atoms with Gasteiger partial charge in [-0.25, -0.2) is 4.98 Å². The van der Waals surface area contributed by atoms with Gasteiger partial charge >= 0.3 is 0 Å². The van der Waals surface area contributed by atoms with E-state index < -0.39 is 0 Å². The van der Waals surface area contributed by atoms with E-state index in [4.69, 9.17) is 16.3 Å². The van der Waals surface area contributed by atoms with E-state index in [0.29, 0.717) is 11.6 Å². The molecule has 0 N–H and O–H groups in total. The molecule has 2 aromatic rings. The van der Waals surface area contributed by atoms with Gasteiger partial charge < -0.3 is 14.2 Å². The maximum absolute atomic E-state index is 12.0. The van der Waals surface area contributed by atoms with Crippen molar-refractivity contribution in [1.82, 2.24) is 14.5 Å². The fraction of sp³-hybridized carbons (Fsp3) is 0.467. The average Bonchev–Trinajstić information content (AvgIpc) is 2.77. The number of para-hydroxylation sites is 1. The summed E-state index contributed by atoms with van der Waals surface area (Å²) >= 11 is 5.98. The van der Waals surface area contributed by atoms with Crippen molar-refractivity contribution in [3.63, 3.8) is 0 Å². The first kappa shape index (κ1) is 15.6. The predicted molar refractivity (Wildman–Crippen MR) is 83.7 cm³/mol. The summed E-state index contributed by atoms with van der Waals surface area (Å²) in [5.41, 5.74) is 1.60. The zero-order valence-corrected chi connectivity index (χ0v) is 13.5. The number of halogens is 1. The van der Waals surface area contributed by atoms with Crippen LogP contribution in [0.25, 0.3) is 11.0 Å². The first-order chi connectivity index (χ1) is 9.93. The highest BCUT2D eigenvalue weighted by Crippen LogP contribution is 2.27. The van der Waals surface area contributed by atoms with Crippen LogP contribution in [0.4, 0.5) is 0 Å². The largest absolute Gasteiger partial charge is 0.489 e. The quantitative estimate of drug-likeness (QED) is 0.798. The second kappa shape index (κ2) is 6.35. The molecule has 1 aromatic heterocycles. The molecule has 1 heterocycles. The summed E-state index contributed by atoms with van der Waals surface area (Å²) in [5.74, 6) is 1.62. The van der Waals surface area contributed by atoms with Gasteiger partial charge in [0.15, 0.2) is 0 Å². The van der Waals surface area contributed by atoms with Crippen LogP contribution in [0.5, 0.6) is 5.75 Å². The summed E-state index contributed by atoms with van der Waals surface area (Å²) in [6.07, 6.45) is 0.0589. The first-order valence-corrected chi connectivity index (χ1v) is 7.38. The highest BCUT2D eigenvalue weighted by atomic mass is 35.5. The number of fused-ring (bicyclic) bond motifs is 1. The molecule has 0 unspecified atom stereocenters. The van der Waals surface area contributed by atoms with E-state index in [1.807, 2.05) is 36.6 Å². The summed E-state index contributed by atoms with van der Waals surface area (Å²) in [5, 5.41) is 0. The van der Waals surface area contributed by atoms with Crippen molar-refractivity contribution in [3.8, 4) is 5.75 Å². The van der Waals surface area contributed by atoms with Crippen LogP contribution in [0.2, 0.25) is 0 Å². The zero-order valence-electron chi connectivity index (χ0n) is 12.8. The van der Waals surface area contributed by atoms with Crippen LogP contribution in [0.15, 0.2) is 18.2 Å². The molecule has 0 saturated carbocycles. The number of hydrogen-bond acceptors (Lipinski definition) is 3. The van der Waals surface area contributed by atoms with E-state index >= 15 is 0 Å². The Morgan fingerprint density at radius 1 is 1.43 bits per heavy atom. The van der Waals surface area contributed by atoms with Crippen LogP contribution < -0.4 is 4.74 Å². The Labute approximate surface area is 129 Å². The van der Waals surface area contributed by atoms with Crippen LogP contribution >= 0.6 is 11.6 Å². The van der Waals surface area contributed by atoms with Crippen LogP contribution in [0, 0.1) is 0 Å². The molecule has 114 valence electrons. The monoisotopic (exact) mass is 309 g/mol. The van der Waals surface area contributed by atoms with Crippen molar-refractivity contribution in [1.29, 1.82) is 0 Å². The third kappa shape index (κ3) is 3.29. The molecule has 0 radical (unpaired) electrons. The number of alkyl halides is 1. The summed E-state index contributed by atoms with van der Waals surface area (Å²) in [6.45, 7) is 4.15. The molecule has 1 aromatic carbocycles. The maximum Gasteiger partial charge on any atom is 0.242 e. The van der Waals surface area contributed by atoms with Gasteiger partial charge in [-0.1, -0.05) is 6.07 Å². The van der Waals surface area contributed by atoms with Crippen LogP contribution in [0.3, 0.4) is 0 Å². The topological polar surface area (TPSA) is 47.4 Å². The second-order valence-electron chi connectivity index (χ2n) is 5.33. The average molecular weight is 310 g/mol. The first-order valence-electron chi connectivity index (χ1n) is 6.85. The van der Waals surface area contributed by atoms with Gasteiger partial charge in [0, 0.05) is 14.1 Å². The molecule has 0 atom stereocenters. The molecule has 6 heteroatoms. The van der Waals surface area contributed by atoms with E-state index in [1.165, 1.54) is 0 Å². The lowest BCUT2D eigenvalue weighted by Crippen LogP contribution is -2.26. The fourth-order valence-electron chi connectivity index (χ4n) is 2.07. The summed E-state index contributed by atoms with van der Waals surface area (Å²) in [7, 11) is 3.46. The van der Waals surface area contributed by atoms with Gasteiger partial charge in [0.1, 0.15) is 23.6 Å². The van der Waals surface area contributed by atoms with E-state index in [9.17, 15) is 4.79 Å². The number of rotatable bonds is 5. The SMILES string of the molecule is CC(C)Oc1cccc2c1nc(CCl)n2CC(=O)N(C)C. The summed E-state index contributed by atoms with van der Waals surface area (Å²) in [6, 6.07) is 5.70. The van der Waals surface area contributed by atoms with Crippen molar-refractivity contribution in [2.75, 3.05) is 14.1 Å². The van der Waals surface area contributed by atoms with Crippen molar-refractivity contribution in [2.24, 2.45) is 0 Å². The number of amides is 1. The molecular weight excluding hydrogens is 290 g/mol. The number of imidazole rings is 1. The van der Waals surface area contributed by atoms with E-state index in [2.05, 4.69) is 4.98 Å². The van der Waals surface area contributed by atoms with Gasteiger partial charge in [0.05, 0.1) is 17.5 Å². The smallest absolute Gasteiger partial charge is 0.242 e. The highest BCUT2D eigenvalue weighted by Gasteiger charge is 2.17. The van der Waals surface area contributed by atoms with E-state index in [-0.39, 0.29) is 24.4 Å². The number of carbonyl (C=O) groups excluding carboxylic acids is 1. The van der Waals surface area contributed by atoms with Crippen molar-refractivity contribution in [3.05, 3.63) is 24.0 Å². The van der Waals surface area contributed by atoms with Gasteiger partial charge in [-0.3, -0.25) is 4.79 Å². The minimum absolute atomic E-state index is 0.00384. The normalized spacial score (nSPS) is 11.1. The minimum Gasteiger partial charge on any atom is -0.489 e. The Hall–Kier alpha value is -1.75. The minimum atomic E-state index is -0.00384. The van der Waals surface area contributed by atoms with Crippen LogP contribution in [-0.4, -0.2) is 40.6 Å². The van der Waals surface area contributed by atoms with Crippen LogP contribution in [-0.2, 0) is 17.2 Å². The lowest BCUT2D eigenvalue weighted by atomic mass is 10.3. The molecule has 21 heavy (non-hydrogen) atoms. The number of nitrogens with zero attached hydrogens (tertiary/aromatic N) is 3. The standard InChI is InChI=1S/C15H20ClN3O2/c1-10(2)21-12-7-5-6-11-15(12)17-13(8-16)19(11)9-14(20)18(3)4/h5-7,10H,8-9H2,1-4H3. The second-order valence-corrected chi connectivity index (χ2v) is 5.59. The number of hydrogen-bond donors (Lipinski definition) is 0. The van der Waals surface area contributed by atoms with Crippen molar-refractivity contribution < 1.29 is 9.53 Å². The van der Waals surface area contributed by atoms with Crippen LogP contribution in [0.1, 0.15) is 19.7 Å². The predicted octanol–water partition coefficient (Wildman–Crippen LogP) is 2.65. The molecule has 1 amide bonds. The maximum atomic E-state index is 12.0. The molecule has 0 aliphatic carbocycles. The third-order valence-corrected chi connectivity index (χ3v) is 3.33. The number of carbonyl (C=O) groups is 1. The Morgan fingerprint density at radius 3 is 2.71 bits per heavy atom. The van der Waals surface area contributed by atoms with E-state index in [1.54, 1.807) is 19.0 Å². The van der Waals surface area contributed by atoms with Gasteiger partial charge in [-0.15, -0.1) is 11.6 Å². The molecule has 0 aliphatic heterocycles. The molecule has 5 nitrogen and oxygen atoms in total. The third-order valence-electron chi connectivity index (χ3n) is 3.10. The Kier molecular flexibility index (Phi) is 4.73. The summed E-state index contributed by atoms with van der Waals surface area (Å²) < 4.78 is 7.62. The molecule has 2 rings (SSSR count). The molecular formula is C15H20ClN3O2.